The lowest BCUT2D eigenvalue weighted by Gasteiger charge is -2.19. The van der Waals surface area contributed by atoms with Gasteiger partial charge in [-0.3, -0.25) is 4.79 Å². The van der Waals surface area contributed by atoms with Gasteiger partial charge in [-0.1, -0.05) is 18.2 Å². The number of nitrogens with one attached hydrogen (secondary N) is 1. The lowest BCUT2D eigenvalue weighted by molar-refractivity contribution is 0.0922. The van der Waals surface area contributed by atoms with Gasteiger partial charge in [-0.25, -0.2) is 0 Å². The van der Waals surface area contributed by atoms with Crippen molar-refractivity contribution in [3.05, 3.63) is 34.9 Å². The number of hydrogen-bond acceptors (Lipinski definition) is 3. The minimum Gasteiger partial charge on any atom is -0.378 e. The fourth-order valence-corrected chi connectivity index (χ4v) is 3.29. The molecule has 2 aliphatic heterocycles. The van der Waals surface area contributed by atoms with Crippen molar-refractivity contribution >= 4 is 5.78 Å². The Balaban J connectivity index is 1.59. The van der Waals surface area contributed by atoms with Crippen LogP contribution in [0.15, 0.2) is 18.2 Å². The number of ether oxygens (including phenoxy) is 1. The van der Waals surface area contributed by atoms with Gasteiger partial charge in [-0.15, -0.1) is 0 Å². The Hall–Kier alpha value is -1.19. The van der Waals surface area contributed by atoms with Gasteiger partial charge in [0.05, 0.1) is 6.10 Å². The zero-order valence-electron chi connectivity index (χ0n) is 12.0. The quantitative estimate of drug-likeness (QED) is 0.838. The first-order valence-electron chi connectivity index (χ1n) is 7.81. The molecule has 108 valence electrons. The molecule has 0 spiro atoms. The van der Waals surface area contributed by atoms with Crippen LogP contribution in [0, 0.1) is 0 Å². The van der Waals surface area contributed by atoms with E-state index in [1.807, 2.05) is 12.1 Å². The maximum atomic E-state index is 12.4. The van der Waals surface area contributed by atoms with Gasteiger partial charge in [0.25, 0.3) is 0 Å². The summed E-state index contributed by atoms with van der Waals surface area (Å²) in [5, 5.41) is 3.36. The topological polar surface area (TPSA) is 38.3 Å². The van der Waals surface area contributed by atoms with Crippen LogP contribution in [-0.4, -0.2) is 25.0 Å². The fourth-order valence-electron chi connectivity index (χ4n) is 3.29. The zero-order valence-corrected chi connectivity index (χ0v) is 12.0. The van der Waals surface area contributed by atoms with Crippen LogP contribution in [-0.2, 0) is 17.7 Å². The standard InChI is InChI=1S/C17H23NO2/c19-17(8-2-5-14-6-3-11-20-14)16-7-1-4-13-12-18-10-9-15(13)16/h1,4,7,14,18H,2-3,5-6,8-12H2. The molecule has 0 aromatic heterocycles. The van der Waals surface area contributed by atoms with Crippen LogP contribution in [0.4, 0.5) is 0 Å². The number of carbonyl (C=O) groups excluding carboxylic acids is 1. The van der Waals surface area contributed by atoms with Crippen molar-refractivity contribution in [3.8, 4) is 0 Å². The summed E-state index contributed by atoms with van der Waals surface area (Å²) in [6.45, 7) is 2.78. The first kappa shape index (κ1) is 13.8. The molecule has 1 aromatic rings. The van der Waals surface area contributed by atoms with Crippen LogP contribution in [0.3, 0.4) is 0 Å². The minimum absolute atomic E-state index is 0.307. The maximum Gasteiger partial charge on any atom is 0.163 e. The van der Waals surface area contributed by atoms with Gasteiger partial charge in [0.2, 0.25) is 0 Å². The van der Waals surface area contributed by atoms with Crippen LogP contribution in [0.25, 0.3) is 0 Å². The van der Waals surface area contributed by atoms with E-state index < -0.39 is 0 Å². The van der Waals surface area contributed by atoms with Crippen LogP contribution >= 0.6 is 0 Å². The van der Waals surface area contributed by atoms with Crippen molar-refractivity contribution in [2.45, 2.75) is 51.2 Å². The Labute approximate surface area is 120 Å². The number of benzene rings is 1. The van der Waals surface area contributed by atoms with Gasteiger partial charge < -0.3 is 10.1 Å². The molecule has 0 radical (unpaired) electrons. The first-order valence-corrected chi connectivity index (χ1v) is 7.81. The van der Waals surface area contributed by atoms with E-state index in [1.54, 1.807) is 0 Å². The molecule has 1 aromatic carbocycles. The Morgan fingerprint density at radius 2 is 2.35 bits per heavy atom. The molecule has 2 heterocycles. The molecule has 3 heteroatoms. The van der Waals surface area contributed by atoms with E-state index in [4.69, 9.17) is 4.74 Å². The van der Waals surface area contributed by atoms with Crippen molar-refractivity contribution in [1.29, 1.82) is 0 Å². The van der Waals surface area contributed by atoms with Gasteiger partial charge >= 0.3 is 0 Å². The first-order chi connectivity index (χ1) is 9.84. The van der Waals surface area contributed by atoms with Crippen molar-refractivity contribution in [2.24, 2.45) is 0 Å². The second-order valence-corrected chi connectivity index (χ2v) is 5.82. The molecule has 20 heavy (non-hydrogen) atoms. The van der Waals surface area contributed by atoms with E-state index in [9.17, 15) is 4.79 Å². The maximum absolute atomic E-state index is 12.4. The summed E-state index contributed by atoms with van der Waals surface area (Å²) in [5.41, 5.74) is 3.52. The number of hydrogen-bond donors (Lipinski definition) is 1. The second-order valence-electron chi connectivity index (χ2n) is 5.82. The van der Waals surface area contributed by atoms with Gasteiger partial charge in [-0.05, 0) is 49.8 Å². The molecule has 0 aliphatic carbocycles. The highest BCUT2D eigenvalue weighted by Gasteiger charge is 2.19. The highest BCUT2D eigenvalue weighted by atomic mass is 16.5. The Morgan fingerprint density at radius 1 is 1.40 bits per heavy atom. The summed E-state index contributed by atoms with van der Waals surface area (Å²) >= 11 is 0. The van der Waals surface area contributed by atoms with E-state index in [1.165, 1.54) is 24.0 Å². The fraction of sp³-hybridized carbons (Fsp3) is 0.588. The number of fused-ring (bicyclic) bond motifs is 1. The van der Waals surface area contributed by atoms with Crippen molar-refractivity contribution < 1.29 is 9.53 Å². The van der Waals surface area contributed by atoms with E-state index in [-0.39, 0.29) is 0 Å². The summed E-state index contributed by atoms with van der Waals surface area (Å²) in [6, 6.07) is 6.14. The minimum atomic E-state index is 0.307. The summed E-state index contributed by atoms with van der Waals surface area (Å²) in [7, 11) is 0. The predicted molar refractivity (Wildman–Crippen MR) is 79.0 cm³/mol. The number of Topliss-reactive ketones (excluding diaryl/α,β-unsaturated/α-hetero) is 1. The summed E-state index contributed by atoms with van der Waals surface area (Å²) < 4.78 is 5.61. The van der Waals surface area contributed by atoms with Gasteiger partial charge in [0.1, 0.15) is 0 Å². The molecule has 2 aliphatic rings. The molecular weight excluding hydrogens is 250 g/mol. The summed E-state index contributed by atoms with van der Waals surface area (Å²) in [4.78, 5) is 12.4. The van der Waals surface area contributed by atoms with E-state index in [2.05, 4.69) is 11.4 Å². The molecule has 0 amide bonds. The molecule has 0 bridgehead atoms. The smallest absolute Gasteiger partial charge is 0.163 e. The van der Waals surface area contributed by atoms with Gasteiger partial charge in [0, 0.05) is 25.1 Å². The van der Waals surface area contributed by atoms with Crippen molar-refractivity contribution in [2.75, 3.05) is 13.2 Å². The molecule has 3 nitrogen and oxygen atoms in total. The van der Waals surface area contributed by atoms with E-state index in [0.717, 1.165) is 44.5 Å². The number of carbonyl (C=O) groups is 1. The Bertz CT molecular complexity index is 478. The monoisotopic (exact) mass is 273 g/mol. The molecule has 1 N–H and O–H groups in total. The third-order valence-corrected chi connectivity index (χ3v) is 4.39. The molecule has 1 saturated heterocycles. The normalized spacial score (nSPS) is 21.7. The van der Waals surface area contributed by atoms with Crippen molar-refractivity contribution in [1.82, 2.24) is 5.32 Å². The summed E-state index contributed by atoms with van der Waals surface area (Å²) in [5.74, 6) is 0.307. The third kappa shape index (κ3) is 3.10. The zero-order chi connectivity index (χ0) is 13.8. The number of ketones is 1. The Morgan fingerprint density at radius 3 is 3.20 bits per heavy atom. The second kappa shape index (κ2) is 6.51. The summed E-state index contributed by atoms with van der Waals surface area (Å²) in [6.07, 6.45) is 6.36. The average Bonchev–Trinajstić information content (AvgIpc) is 3.00. The molecule has 1 unspecified atom stereocenters. The number of rotatable bonds is 5. The lowest BCUT2D eigenvalue weighted by atomic mass is 9.91. The van der Waals surface area contributed by atoms with E-state index >= 15 is 0 Å². The molecule has 1 atom stereocenters. The molecule has 1 fully saturated rings. The predicted octanol–water partition coefficient (Wildman–Crippen LogP) is 2.86. The van der Waals surface area contributed by atoms with Crippen LogP contribution in [0.2, 0.25) is 0 Å². The van der Waals surface area contributed by atoms with Crippen LogP contribution < -0.4 is 5.32 Å². The van der Waals surface area contributed by atoms with Crippen LogP contribution in [0.5, 0.6) is 0 Å². The van der Waals surface area contributed by atoms with Gasteiger partial charge in [0.15, 0.2) is 5.78 Å². The average molecular weight is 273 g/mol. The molecular formula is C17H23NO2. The highest BCUT2D eigenvalue weighted by molar-refractivity contribution is 5.97. The van der Waals surface area contributed by atoms with Gasteiger partial charge in [-0.2, -0.15) is 0 Å². The third-order valence-electron chi connectivity index (χ3n) is 4.39. The molecule has 3 rings (SSSR count). The van der Waals surface area contributed by atoms with Crippen LogP contribution in [0.1, 0.15) is 53.6 Å². The van der Waals surface area contributed by atoms with Crippen molar-refractivity contribution in [3.63, 3.8) is 0 Å². The Kier molecular flexibility index (Phi) is 4.48. The molecule has 0 saturated carbocycles. The SMILES string of the molecule is O=C(CCCC1CCCO1)c1cccc2c1CCNC2. The largest absolute Gasteiger partial charge is 0.378 e. The van der Waals surface area contributed by atoms with E-state index in [0.29, 0.717) is 18.3 Å². The lowest BCUT2D eigenvalue weighted by Crippen LogP contribution is -2.25. The highest BCUT2D eigenvalue weighted by Crippen LogP contribution is 2.22.